The van der Waals surface area contributed by atoms with Crippen LogP contribution < -0.4 is 15.6 Å². The van der Waals surface area contributed by atoms with E-state index in [0.717, 1.165) is 23.1 Å². The molecule has 0 radical (unpaired) electrons. The molecular weight excluding hydrogens is 432 g/mol. The molecule has 0 atom stereocenters. The van der Waals surface area contributed by atoms with Crippen LogP contribution in [0, 0.1) is 6.92 Å². The number of carbonyl (C=O) groups is 2. The summed E-state index contributed by atoms with van der Waals surface area (Å²) in [6, 6.07) is 21.9. The molecule has 4 rings (SSSR count). The Morgan fingerprint density at radius 3 is 2.35 bits per heavy atom. The number of aryl methyl sites for hydroxylation is 2. The minimum Gasteiger partial charge on any atom is -0.483 e. The number of carbonyl (C=O) groups excluding carboxylic acids is 2. The Kier molecular flexibility index (Phi) is 6.98. The number of ether oxygens (including phenoxy) is 1. The fraction of sp³-hybridized carbons (Fsp3) is 0.154. The average molecular weight is 457 g/mol. The quantitative estimate of drug-likeness (QED) is 0.405. The third-order valence-corrected chi connectivity index (χ3v) is 5.11. The SMILES string of the molecule is CCc1ccccc1OCC(=O)NNC(=O)c1ccc(-c2nnc(-c3cccc(C)c3)o2)cc1. The van der Waals surface area contributed by atoms with Gasteiger partial charge in [-0.05, 0) is 61.4 Å². The largest absolute Gasteiger partial charge is 0.483 e. The Morgan fingerprint density at radius 1 is 0.882 bits per heavy atom. The van der Waals surface area contributed by atoms with E-state index in [2.05, 4.69) is 21.0 Å². The highest BCUT2D eigenvalue weighted by atomic mass is 16.5. The van der Waals surface area contributed by atoms with Gasteiger partial charge in [0.1, 0.15) is 5.75 Å². The van der Waals surface area contributed by atoms with Crippen LogP contribution in [0.3, 0.4) is 0 Å². The molecule has 0 bridgehead atoms. The van der Waals surface area contributed by atoms with E-state index < -0.39 is 11.8 Å². The zero-order valence-electron chi connectivity index (χ0n) is 18.9. The molecule has 0 unspecified atom stereocenters. The summed E-state index contributed by atoms with van der Waals surface area (Å²) in [5.74, 6) is 0.493. The first-order valence-electron chi connectivity index (χ1n) is 10.8. The van der Waals surface area contributed by atoms with Gasteiger partial charge in [0, 0.05) is 16.7 Å². The number of benzene rings is 3. The lowest BCUT2D eigenvalue weighted by Gasteiger charge is -2.11. The van der Waals surface area contributed by atoms with Crippen molar-refractivity contribution in [1.82, 2.24) is 21.0 Å². The van der Waals surface area contributed by atoms with E-state index in [-0.39, 0.29) is 6.61 Å². The van der Waals surface area contributed by atoms with Crippen LogP contribution in [0.25, 0.3) is 22.9 Å². The molecular formula is C26H24N4O4. The zero-order chi connectivity index (χ0) is 23.9. The molecule has 8 heteroatoms. The first-order chi connectivity index (χ1) is 16.5. The second-order valence-corrected chi connectivity index (χ2v) is 7.61. The van der Waals surface area contributed by atoms with Crippen LogP contribution in [0.4, 0.5) is 0 Å². The number of hydrogen-bond donors (Lipinski definition) is 2. The number of nitrogens with one attached hydrogen (secondary N) is 2. The predicted octanol–water partition coefficient (Wildman–Crippen LogP) is 4.11. The minimum atomic E-state index is -0.467. The van der Waals surface area contributed by atoms with Gasteiger partial charge in [0.2, 0.25) is 11.8 Å². The summed E-state index contributed by atoms with van der Waals surface area (Å²) in [4.78, 5) is 24.4. The van der Waals surface area contributed by atoms with Crippen molar-refractivity contribution in [1.29, 1.82) is 0 Å². The van der Waals surface area contributed by atoms with Gasteiger partial charge in [0.05, 0.1) is 0 Å². The van der Waals surface area contributed by atoms with Crippen LogP contribution in [-0.2, 0) is 11.2 Å². The average Bonchev–Trinajstić information content (AvgIpc) is 3.37. The van der Waals surface area contributed by atoms with Gasteiger partial charge in [-0.3, -0.25) is 20.4 Å². The van der Waals surface area contributed by atoms with E-state index in [9.17, 15) is 9.59 Å². The second-order valence-electron chi connectivity index (χ2n) is 7.61. The zero-order valence-corrected chi connectivity index (χ0v) is 18.9. The van der Waals surface area contributed by atoms with Gasteiger partial charge in [-0.1, -0.05) is 42.8 Å². The third kappa shape index (κ3) is 5.47. The Bertz CT molecular complexity index is 1300. The number of nitrogens with zero attached hydrogens (tertiary/aromatic N) is 2. The van der Waals surface area contributed by atoms with Crippen molar-refractivity contribution in [3.63, 3.8) is 0 Å². The molecule has 4 aromatic rings. The van der Waals surface area contributed by atoms with Gasteiger partial charge in [0.25, 0.3) is 11.8 Å². The molecule has 0 saturated carbocycles. The predicted molar refractivity (Wildman–Crippen MR) is 127 cm³/mol. The monoisotopic (exact) mass is 456 g/mol. The van der Waals surface area contributed by atoms with Crippen LogP contribution in [0.1, 0.15) is 28.4 Å². The Morgan fingerprint density at radius 2 is 1.62 bits per heavy atom. The number of hydrazine groups is 1. The van der Waals surface area contributed by atoms with Crippen molar-refractivity contribution in [2.45, 2.75) is 20.3 Å². The van der Waals surface area contributed by atoms with E-state index in [1.165, 1.54) is 0 Å². The number of aromatic nitrogens is 2. The van der Waals surface area contributed by atoms with Crippen molar-refractivity contribution in [3.8, 4) is 28.7 Å². The van der Waals surface area contributed by atoms with Crippen LogP contribution >= 0.6 is 0 Å². The molecule has 1 heterocycles. The maximum atomic E-state index is 12.4. The van der Waals surface area contributed by atoms with Crippen LogP contribution in [0.2, 0.25) is 0 Å². The summed E-state index contributed by atoms with van der Waals surface area (Å²) in [7, 11) is 0. The van der Waals surface area contributed by atoms with E-state index in [0.29, 0.717) is 28.7 Å². The highest BCUT2D eigenvalue weighted by Gasteiger charge is 2.13. The molecule has 0 aliphatic rings. The van der Waals surface area contributed by atoms with Gasteiger partial charge in [-0.25, -0.2) is 0 Å². The molecule has 1 aromatic heterocycles. The highest BCUT2D eigenvalue weighted by Crippen LogP contribution is 2.24. The van der Waals surface area contributed by atoms with E-state index in [1.807, 2.05) is 56.3 Å². The maximum absolute atomic E-state index is 12.4. The number of amides is 2. The Balaban J connectivity index is 1.31. The lowest BCUT2D eigenvalue weighted by molar-refractivity contribution is -0.123. The van der Waals surface area contributed by atoms with Crippen molar-refractivity contribution in [3.05, 3.63) is 89.5 Å². The van der Waals surface area contributed by atoms with Crippen molar-refractivity contribution in [2.24, 2.45) is 0 Å². The Labute approximate surface area is 197 Å². The highest BCUT2D eigenvalue weighted by molar-refractivity contribution is 5.95. The summed E-state index contributed by atoms with van der Waals surface area (Å²) in [5.41, 5.74) is 8.72. The topological polar surface area (TPSA) is 106 Å². The number of hydrogen-bond acceptors (Lipinski definition) is 6. The molecule has 0 saturated heterocycles. The van der Waals surface area contributed by atoms with Crippen LogP contribution in [0.5, 0.6) is 5.75 Å². The lowest BCUT2D eigenvalue weighted by atomic mass is 10.1. The summed E-state index contributed by atoms with van der Waals surface area (Å²) in [6.07, 6.45) is 0.793. The van der Waals surface area contributed by atoms with E-state index in [4.69, 9.17) is 9.15 Å². The second kappa shape index (κ2) is 10.4. The molecule has 0 spiro atoms. The summed E-state index contributed by atoms with van der Waals surface area (Å²) in [5, 5.41) is 8.20. The van der Waals surface area contributed by atoms with Gasteiger partial charge in [-0.2, -0.15) is 0 Å². The van der Waals surface area contributed by atoms with Gasteiger partial charge < -0.3 is 9.15 Å². The molecule has 0 aliphatic carbocycles. The van der Waals surface area contributed by atoms with E-state index in [1.54, 1.807) is 30.3 Å². The fourth-order valence-corrected chi connectivity index (χ4v) is 3.31. The molecule has 8 nitrogen and oxygen atoms in total. The lowest BCUT2D eigenvalue weighted by Crippen LogP contribution is -2.43. The van der Waals surface area contributed by atoms with Gasteiger partial charge in [-0.15, -0.1) is 10.2 Å². The summed E-state index contributed by atoms with van der Waals surface area (Å²) >= 11 is 0. The molecule has 2 N–H and O–H groups in total. The minimum absolute atomic E-state index is 0.212. The third-order valence-electron chi connectivity index (χ3n) is 5.11. The maximum Gasteiger partial charge on any atom is 0.276 e. The standard InChI is InChI=1S/C26H24N4O4/c1-3-18-8-4-5-10-22(18)33-16-23(31)27-28-24(32)19-11-13-20(14-12-19)25-29-30-26(34-25)21-9-6-7-17(2)15-21/h4-15H,3,16H2,1-2H3,(H,27,31)(H,28,32). The molecule has 0 aliphatic heterocycles. The number of rotatable bonds is 7. The van der Waals surface area contributed by atoms with Crippen LogP contribution in [0.15, 0.2) is 77.2 Å². The Hall–Kier alpha value is -4.46. The van der Waals surface area contributed by atoms with Crippen molar-refractivity contribution in [2.75, 3.05) is 6.61 Å². The first-order valence-corrected chi connectivity index (χ1v) is 10.8. The van der Waals surface area contributed by atoms with Gasteiger partial charge >= 0.3 is 0 Å². The summed E-state index contributed by atoms with van der Waals surface area (Å²) < 4.78 is 11.3. The molecule has 172 valence electrons. The smallest absolute Gasteiger partial charge is 0.276 e. The fourth-order valence-electron chi connectivity index (χ4n) is 3.31. The normalized spacial score (nSPS) is 10.5. The van der Waals surface area contributed by atoms with E-state index >= 15 is 0 Å². The summed E-state index contributed by atoms with van der Waals surface area (Å²) in [6.45, 7) is 3.79. The van der Waals surface area contributed by atoms with Gasteiger partial charge in [0.15, 0.2) is 6.61 Å². The molecule has 34 heavy (non-hydrogen) atoms. The first kappa shape index (κ1) is 22.7. The molecule has 3 aromatic carbocycles. The van der Waals surface area contributed by atoms with Crippen LogP contribution in [-0.4, -0.2) is 28.6 Å². The molecule has 0 fully saturated rings. The van der Waals surface area contributed by atoms with Crippen molar-refractivity contribution < 1.29 is 18.7 Å². The molecule has 2 amide bonds. The van der Waals surface area contributed by atoms with Crippen molar-refractivity contribution >= 4 is 11.8 Å². The number of para-hydroxylation sites is 1.